The summed E-state index contributed by atoms with van der Waals surface area (Å²) >= 11 is 7.88. The maximum absolute atomic E-state index is 6.10. The molecule has 1 N–H and O–H groups in total. The lowest BCUT2D eigenvalue weighted by Crippen LogP contribution is -2.06. The third kappa shape index (κ3) is 3.70. The van der Waals surface area contributed by atoms with Crippen molar-refractivity contribution in [1.29, 1.82) is 0 Å². The number of fused-ring (bicyclic) bond motifs is 1. The molecular weight excluding hydrogens is 412 g/mol. The van der Waals surface area contributed by atoms with E-state index in [4.69, 9.17) is 11.6 Å². The molecule has 0 amide bonds. The van der Waals surface area contributed by atoms with E-state index in [1.54, 1.807) is 17.7 Å². The molecule has 30 heavy (non-hydrogen) atoms. The Morgan fingerprint density at radius 1 is 0.933 bits per heavy atom. The molecule has 3 aromatic heterocycles. The molecule has 0 aliphatic heterocycles. The van der Waals surface area contributed by atoms with Gasteiger partial charge in [0.1, 0.15) is 12.1 Å². The summed E-state index contributed by atoms with van der Waals surface area (Å²) in [5.41, 5.74) is 4.10. The first-order valence-electron chi connectivity index (χ1n) is 9.73. The SMILES string of the molecule is Clc1ccc(-n2cc(-c3ccccc3)c3c(NCCc4cccs4)ncnc32)cc1. The van der Waals surface area contributed by atoms with E-state index in [-0.39, 0.29) is 0 Å². The van der Waals surface area contributed by atoms with Gasteiger partial charge in [-0.2, -0.15) is 0 Å². The summed E-state index contributed by atoms with van der Waals surface area (Å²) < 4.78 is 2.10. The van der Waals surface area contributed by atoms with E-state index in [0.29, 0.717) is 5.02 Å². The third-order valence-corrected chi connectivity index (χ3v) is 6.20. The van der Waals surface area contributed by atoms with E-state index in [1.807, 2.05) is 30.3 Å². The molecule has 3 heterocycles. The predicted octanol–water partition coefficient (Wildman–Crippen LogP) is 6.46. The number of thiophene rings is 1. The number of rotatable bonds is 6. The minimum absolute atomic E-state index is 0.712. The number of anilines is 1. The molecule has 0 bridgehead atoms. The summed E-state index contributed by atoms with van der Waals surface area (Å²) in [7, 11) is 0. The first-order chi connectivity index (χ1) is 14.8. The Balaban J connectivity index is 1.61. The van der Waals surface area contributed by atoms with Crippen LogP contribution in [0.5, 0.6) is 0 Å². The number of halogens is 1. The van der Waals surface area contributed by atoms with E-state index in [9.17, 15) is 0 Å². The molecule has 0 spiro atoms. The Labute approximate surface area is 183 Å². The molecule has 0 saturated heterocycles. The molecule has 0 unspecified atom stereocenters. The lowest BCUT2D eigenvalue weighted by molar-refractivity contribution is 1.02. The van der Waals surface area contributed by atoms with Gasteiger partial charge in [0.05, 0.1) is 5.39 Å². The van der Waals surface area contributed by atoms with Crippen molar-refractivity contribution in [2.75, 3.05) is 11.9 Å². The highest BCUT2D eigenvalue weighted by Crippen LogP contribution is 2.35. The Morgan fingerprint density at radius 3 is 2.53 bits per heavy atom. The summed E-state index contributed by atoms with van der Waals surface area (Å²) in [6.07, 6.45) is 4.71. The lowest BCUT2D eigenvalue weighted by Gasteiger charge is -2.08. The van der Waals surface area contributed by atoms with Gasteiger partial charge < -0.3 is 9.88 Å². The molecular formula is C24H19ClN4S. The molecule has 6 heteroatoms. The zero-order valence-corrected chi connectivity index (χ0v) is 17.7. The summed E-state index contributed by atoms with van der Waals surface area (Å²) in [6.45, 7) is 0.812. The molecule has 5 rings (SSSR count). The van der Waals surface area contributed by atoms with Crippen LogP contribution >= 0.6 is 22.9 Å². The van der Waals surface area contributed by atoms with Gasteiger partial charge in [-0.25, -0.2) is 9.97 Å². The highest BCUT2D eigenvalue weighted by molar-refractivity contribution is 7.09. The van der Waals surface area contributed by atoms with Crippen LogP contribution in [0.15, 0.2) is 84.6 Å². The highest BCUT2D eigenvalue weighted by atomic mass is 35.5. The first kappa shape index (κ1) is 18.9. The fraction of sp³-hybridized carbons (Fsp3) is 0.0833. The van der Waals surface area contributed by atoms with Gasteiger partial charge in [-0.05, 0) is 47.7 Å². The van der Waals surface area contributed by atoms with Crippen LogP contribution in [0.4, 0.5) is 5.82 Å². The zero-order valence-electron chi connectivity index (χ0n) is 16.1. The van der Waals surface area contributed by atoms with Gasteiger partial charge in [0.25, 0.3) is 0 Å². The van der Waals surface area contributed by atoms with Crippen LogP contribution < -0.4 is 5.32 Å². The van der Waals surface area contributed by atoms with E-state index in [1.165, 1.54) is 4.88 Å². The van der Waals surface area contributed by atoms with Crippen molar-refractivity contribution in [1.82, 2.24) is 14.5 Å². The predicted molar refractivity (Wildman–Crippen MR) is 126 cm³/mol. The molecule has 5 aromatic rings. The number of nitrogens with one attached hydrogen (secondary N) is 1. The van der Waals surface area contributed by atoms with Crippen molar-refractivity contribution in [3.05, 3.63) is 94.5 Å². The summed E-state index contributed by atoms with van der Waals surface area (Å²) in [6, 6.07) is 22.4. The molecule has 0 aliphatic carbocycles. The van der Waals surface area contributed by atoms with Gasteiger partial charge in [-0.1, -0.05) is 48.0 Å². The Hall–Kier alpha value is -3.15. The average molecular weight is 431 g/mol. The summed E-state index contributed by atoms with van der Waals surface area (Å²) in [4.78, 5) is 10.6. The number of aromatic nitrogens is 3. The maximum atomic E-state index is 6.10. The van der Waals surface area contributed by atoms with Crippen molar-refractivity contribution >= 4 is 39.8 Å². The molecule has 0 aliphatic rings. The Bertz CT molecular complexity index is 1260. The molecule has 4 nitrogen and oxygen atoms in total. The van der Waals surface area contributed by atoms with Gasteiger partial charge in [0, 0.05) is 33.9 Å². The zero-order chi connectivity index (χ0) is 20.3. The fourth-order valence-corrected chi connectivity index (χ4v) is 4.42. The Morgan fingerprint density at radius 2 is 1.77 bits per heavy atom. The quantitative estimate of drug-likeness (QED) is 0.336. The third-order valence-electron chi connectivity index (χ3n) is 5.02. The van der Waals surface area contributed by atoms with Gasteiger partial charge in [-0.3, -0.25) is 0 Å². The van der Waals surface area contributed by atoms with Crippen LogP contribution in [-0.2, 0) is 6.42 Å². The molecule has 0 atom stereocenters. The van der Waals surface area contributed by atoms with Crippen molar-refractivity contribution < 1.29 is 0 Å². The number of benzene rings is 2. The number of hydrogen-bond acceptors (Lipinski definition) is 4. The topological polar surface area (TPSA) is 42.7 Å². The number of hydrogen-bond donors (Lipinski definition) is 1. The fourth-order valence-electron chi connectivity index (χ4n) is 3.59. The second kappa shape index (κ2) is 8.30. The van der Waals surface area contributed by atoms with E-state index in [0.717, 1.165) is 46.6 Å². The lowest BCUT2D eigenvalue weighted by atomic mass is 10.1. The monoisotopic (exact) mass is 430 g/mol. The van der Waals surface area contributed by atoms with Crippen LogP contribution in [0.3, 0.4) is 0 Å². The smallest absolute Gasteiger partial charge is 0.150 e. The second-order valence-corrected chi connectivity index (χ2v) is 8.40. The van der Waals surface area contributed by atoms with Crippen molar-refractivity contribution in [3.63, 3.8) is 0 Å². The maximum Gasteiger partial charge on any atom is 0.150 e. The van der Waals surface area contributed by atoms with Gasteiger partial charge in [0.15, 0.2) is 5.65 Å². The average Bonchev–Trinajstić information content (AvgIpc) is 3.44. The second-order valence-electron chi connectivity index (χ2n) is 6.93. The van der Waals surface area contributed by atoms with Crippen molar-refractivity contribution in [2.24, 2.45) is 0 Å². The van der Waals surface area contributed by atoms with Crippen LogP contribution in [0.25, 0.3) is 27.8 Å². The van der Waals surface area contributed by atoms with Crippen molar-refractivity contribution in [2.45, 2.75) is 6.42 Å². The first-order valence-corrected chi connectivity index (χ1v) is 11.0. The van der Waals surface area contributed by atoms with E-state index in [2.05, 4.69) is 67.8 Å². The minimum Gasteiger partial charge on any atom is -0.369 e. The van der Waals surface area contributed by atoms with Gasteiger partial charge >= 0.3 is 0 Å². The van der Waals surface area contributed by atoms with Crippen LogP contribution in [0, 0.1) is 0 Å². The summed E-state index contributed by atoms with van der Waals surface area (Å²) in [5, 5.41) is 7.37. The standard InChI is InChI=1S/C24H19ClN4S/c25-18-8-10-19(11-9-18)29-15-21(17-5-2-1-3-6-17)22-23(27-16-28-24(22)29)26-13-12-20-7-4-14-30-20/h1-11,14-16H,12-13H2,(H,26,27,28). The van der Waals surface area contributed by atoms with E-state index >= 15 is 0 Å². The molecule has 2 aromatic carbocycles. The van der Waals surface area contributed by atoms with Crippen LogP contribution in [0.2, 0.25) is 5.02 Å². The van der Waals surface area contributed by atoms with Gasteiger partial charge in [-0.15, -0.1) is 11.3 Å². The van der Waals surface area contributed by atoms with E-state index < -0.39 is 0 Å². The molecule has 148 valence electrons. The minimum atomic E-state index is 0.712. The normalized spacial score (nSPS) is 11.1. The molecule has 0 radical (unpaired) electrons. The Kier molecular flexibility index (Phi) is 5.22. The van der Waals surface area contributed by atoms with Crippen LogP contribution in [0.1, 0.15) is 4.88 Å². The summed E-state index contributed by atoms with van der Waals surface area (Å²) in [5.74, 6) is 0.850. The number of nitrogens with zero attached hydrogens (tertiary/aromatic N) is 3. The largest absolute Gasteiger partial charge is 0.369 e. The van der Waals surface area contributed by atoms with Crippen molar-refractivity contribution in [3.8, 4) is 16.8 Å². The highest BCUT2D eigenvalue weighted by Gasteiger charge is 2.17. The van der Waals surface area contributed by atoms with Crippen LogP contribution in [-0.4, -0.2) is 21.1 Å². The molecule has 0 saturated carbocycles. The molecule has 0 fully saturated rings. The van der Waals surface area contributed by atoms with Gasteiger partial charge in [0.2, 0.25) is 0 Å².